The number of nitrogens with zero attached hydrogens (tertiary/aromatic N) is 2. The Hall–Kier alpha value is -1.16. The molecule has 0 radical (unpaired) electrons. The molecule has 0 spiro atoms. The van der Waals surface area contributed by atoms with Crippen LogP contribution in [-0.4, -0.2) is 28.9 Å². The van der Waals surface area contributed by atoms with E-state index in [4.69, 9.17) is 0 Å². The van der Waals surface area contributed by atoms with Crippen LogP contribution in [-0.2, 0) is 4.79 Å². The maximum Gasteiger partial charge on any atom is 0.246 e. The topological polar surface area (TPSA) is 33.2 Å². The monoisotopic (exact) mass is 222 g/mol. The predicted molar refractivity (Wildman–Crippen MR) is 61.7 cm³/mol. The van der Waals surface area contributed by atoms with Crippen LogP contribution >= 0.6 is 11.3 Å². The largest absolute Gasteiger partial charge is 0.339 e. The minimum absolute atomic E-state index is 0.109. The molecular formula is C11H14N2OS. The zero-order valence-electron chi connectivity index (χ0n) is 8.77. The van der Waals surface area contributed by atoms with Gasteiger partial charge in [0.15, 0.2) is 0 Å². The van der Waals surface area contributed by atoms with E-state index >= 15 is 0 Å². The number of aromatic nitrogens is 1. The normalized spacial score (nSPS) is 16.5. The summed E-state index contributed by atoms with van der Waals surface area (Å²) in [7, 11) is 0. The first-order valence-corrected chi connectivity index (χ1v) is 6.03. The highest BCUT2D eigenvalue weighted by Crippen LogP contribution is 2.11. The zero-order chi connectivity index (χ0) is 10.7. The Morgan fingerprint density at radius 3 is 2.87 bits per heavy atom. The van der Waals surface area contributed by atoms with Crippen LogP contribution in [0.15, 0.2) is 11.5 Å². The summed E-state index contributed by atoms with van der Waals surface area (Å²) in [6, 6.07) is 0. The average molecular weight is 222 g/mol. The SMILES string of the molecule is Cc1nc(/C=C\C(=O)N2CCCC2)cs1. The number of likely N-dealkylation sites (tertiary alicyclic amines) is 1. The van der Waals surface area contributed by atoms with Crippen molar-refractivity contribution in [3.05, 3.63) is 22.2 Å². The fourth-order valence-electron chi connectivity index (χ4n) is 1.66. The Morgan fingerprint density at radius 1 is 1.53 bits per heavy atom. The Kier molecular flexibility index (Phi) is 3.16. The molecule has 0 aliphatic carbocycles. The highest BCUT2D eigenvalue weighted by Gasteiger charge is 2.14. The second kappa shape index (κ2) is 4.57. The second-order valence-electron chi connectivity index (χ2n) is 3.66. The molecule has 0 unspecified atom stereocenters. The quantitative estimate of drug-likeness (QED) is 0.718. The summed E-state index contributed by atoms with van der Waals surface area (Å²) in [5.41, 5.74) is 0.880. The molecular weight excluding hydrogens is 208 g/mol. The third-order valence-corrected chi connectivity index (χ3v) is 3.24. The van der Waals surface area contributed by atoms with Crippen LogP contribution in [0.25, 0.3) is 6.08 Å². The van der Waals surface area contributed by atoms with Gasteiger partial charge in [-0.05, 0) is 25.8 Å². The molecule has 0 bridgehead atoms. The molecule has 0 saturated carbocycles. The molecule has 1 aromatic heterocycles. The molecule has 0 N–H and O–H groups in total. The lowest BCUT2D eigenvalue weighted by Crippen LogP contribution is -2.25. The van der Waals surface area contributed by atoms with E-state index < -0.39 is 0 Å². The van der Waals surface area contributed by atoms with Crippen LogP contribution < -0.4 is 0 Å². The number of hydrogen-bond acceptors (Lipinski definition) is 3. The average Bonchev–Trinajstić information content (AvgIpc) is 2.84. The molecule has 2 rings (SSSR count). The van der Waals surface area contributed by atoms with Crippen molar-refractivity contribution in [1.29, 1.82) is 0 Å². The lowest BCUT2D eigenvalue weighted by molar-refractivity contribution is -0.124. The van der Waals surface area contributed by atoms with Gasteiger partial charge in [-0.25, -0.2) is 4.98 Å². The molecule has 3 nitrogen and oxygen atoms in total. The highest BCUT2D eigenvalue weighted by atomic mass is 32.1. The summed E-state index contributed by atoms with van der Waals surface area (Å²) in [6.45, 7) is 3.77. The summed E-state index contributed by atoms with van der Waals surface area (Å²) >= 11 is 1.60. The van der Waals surface area contributed by atoms with E-state index in [9.17, 15) is 4.79 Å². The van der Waals surface area contributed by atoms with Gasteiger partial charge in [-0.15, -0.1) is 11.3 Å². The number of amides is 1. The molecule has 0 aromatic carbocycles. The molecule has 1 aromatic rings. The number of carbonyl (C=O) groups is 1. The minimum atomic E-state index is 0.109. The van der Waals surface area contributed by atoms with Gasteiger partial charge in [0, 0.05) is 24.5 Å². The number of rotatable bonds is 2. The Bertz CT molecular complexity index is 378. The van der Waals surface area contributed by atoms with Crippen LogP contribution in [0.1, 0.15) is 23.5 Å². The van der Waals surface area contributed by atoms with Crippen LogP contribution in [0.5, 0.6) is 0 Å². The maximum atomic E-state index is 11.6. The standard InChI is InChI=1S/C11H14N2OS/c1-9-12-10(8-15-9)4-5-11(14)13-6-2-3-7-13/h4-5,8H,2-3,6-7H2,1H3/b5-4-. The van der Waals surface area contributed by atoms with Gasteiger partial charge in [-0.2, -0.15) is 0 Å². The number of carbonyl (C=O) groups excluding carboxylic acids is 1. The fraction of sp³-hybridized carbons (Fsp3) is 0.455. The van der Waals surface area contributed by atoms with Gasteiger partial charge in [0.05, 0.1) is 10.7 Å². The smallest absolute Gasteiger partial charge is 0.246 e. The van der Waals surface area contributed by atoms with Gasteiger partial charge in [0.25, 0.3) is 0 Å². The molecule has 2 heterocycles. The minimum Gasteiger partial charge on any atom is -0.339 e. The van der Waals surface area contributed by atoms with Crippen LogP contribution in [0, 0.1) is 6.92 Å². The Labute approximate surface area is 93.4 Å². The molecule has 80 valence electrons. The summed E-state index contributed by atoms with van der Waals surface area (Å²) in [6.07, 6.45) is 5.69. The van der Waals surface area contributed by atoms with Crippen molar-refractivity contribution in [3.63, 3.8) is 0 Å². The molecule has 1 aliphatic heterocycles. The fourth-order valence-corrected chi connectivity index (χ4v) is 2.24. The van der Waals surface area contributed by atoms with Crippen LogP contribution in [0.2, 0.25) is 0 Å². The summed E-state index contributed by atoms with van der Waals surface area (Å²) < 4.78 is 0. The third kappa shape index (κ3) is 2.65. The molecule has 1 fully saturated rings. The van der Waals surface area contributed by atoms with Gasteiger partial charge in [0.2, 0.25) is 5.91 Å². The predicted octanol–water partition coefficient (Wildman–Crippen LogP) is 2.09. The zero-order valence-corrected chi connectivity index (χ0v) is 9.59. The lowest BCUT2D eigenvalue weighted by atomic mass is 10.4. The third-order valence-electron chi connectivity index (χ3n) is 2.45. The maximum absolute atomic E-state index is 11.6. The van der Waals surface area contributed by atoms with Crippen molar-refractivity contribution in [1.82, 2.24) is 9.88 Å². The van der Waals surface area contributed by atoms with Crippen molar-refractivity contribution in [2.45, 2.75) is 19.8 Å². The highest BCUT2D eigenvalue weighted by molar-refractivity contribution is 7.09. The molecule has 4 heteroatoms. The number of hydrogen-bond donors (Lipinski definition) is 0. The van der Waals surface area contributed by atoms with Crippen LogP contribution in [0.4, 0.5) is 0 Å². The van der Waals surface area contributed by atoms with Gasteiger partial charge in [-0.3, -0.25) is 4.79 Å². The van der Waals surface area contributed by atoms with Gasteiger partial charge in [-0.1, -0.05) is 0 Å². The van der Waals surface area contributed by atoms with Gasteiger partial charge in [0.1, 0.15) is 0 Å². The Morgan fingerprint density at radius 2 is 2.27 bits per heavy atom. The van der Waals surface area contributed by atoms with Crippen molar-refractivity contribution < 1.29 is 4.79 Å². The van der Waals surface area contributed by atoms with Crippen molar-refractivity contribution in [3.8, 4) is 0 Å². The first-order chi connectivity index (χ1) is 7.25. The lowest BCUT2D eigenvalue weighted by Gasteiger charge is -2.11. The number of thiazole rings is 1. The van der Waals surface area contributed by atoms with Gasteiger partial charge < -0.3 is 4.90 Å². The van der Waals surface area contributed by atoms with E-state index in [1.807, 2.05) is 17.2 Å². The second-order valence-corrected chi connectivity index (χ2v) is 4.72. The number of aryl methyl sites for hydroxylation is 1. The van der Waals surface area contributed by atoms with E-state index in [2.05, 4.69) is 4.98 Å². The first kappa shape index (κ1) is 10.4. The van der Waals surface area contributed by atoms with E-state index in [0.29, 0.717) is 0 Å². The first-order valence-electron chi connectivity index (χ1n) is 5.15. The molecule has 1 saturated heterocycles. The summed E-state index contributed by atoms with van der Waals surface area (Å²) in [5.74, 6) is 0.109. The van der Waals surface area contributed by atoms with Crippen molar-refractivity contribution >= 4 is 23.3 Å². The summed E-state index contributed by atoms with van der Waals surface area (Å²) in [4.78, 5) is 17.8. The molecule has 0 atom stereocenters. The molecule has 1 aliphatic rings. The molecule has 15 heavy (non-hydrogen) atoms. The van der Waals surface area contributed by atoms with Crippen molar-refractivity contribution in [2.24, 2.45) is 0 Å². The Balaban J connectivity index is 1.95. The van der Waals surface area contributed by atoms with Gasteiger partial charge >= 0.3 is 0 Å². The molecule has 1 amide bonds. The van der Waals surface area contributed by atoms with Crippen molar-refractivity contribution in [2.75, 3.05) is 13.1 Å². The van der Waals surface area contributed by atoms with E-state index in [1.165, 1.54) is 0 Å². The van der Waals surface area contributed by atoms with E-state index in [-0.39, 0.29) is 5.91 Å². The van der Waals surface area contributed by atoms with E-state index in [0.717, 1.165) is 36.6 Å². The van der Waals surface area contributed by atoms with E-state index in [1.54, 1.807) is 23.5 Å². The van der Waals surface area contributed by atoms with Crippen LogP contribution in [0.3, 0.4) is 0 Å². The summed E-state index contributed by atoms with van der Waals surface area (Å²) in [5, 5.41) is 2.99.